The van der Waals surface area contributed by atoms with Crippen LogP contribution in [0.15, 0.2) is 48.5 Å². The summed E-state index contributed by atoms with van der Waals surface area (Å²) in [6.45, 7) is 0.870. The Bertz CT molecular complexity index is 807. The van der Waals surface area contributed by atoms with Crippen LogP contribution in [0.5, 0.6) is 5.75 Å². The third-order valence-corrected chi connectivity index (χ3v) is 3.87. The fraction of sp³-hybridized carbons (Fsp3) is 0.176. The molecule has 0 bridgehead atoms. The first-order valence-electron chi connectivity index (χ1n) is 7.03. The van der Waals surface area contributed by atoms with Crippen molar-refractivity contribution in [2.75, 3.05) is 7.11 Å². The lowest BCUT2D eigenvalue weighted by Crippen LogP contribution is -2.11. The van der Waals surface area contributed by atoms with Crippen LogP contribution in [0.3, 0.4) is 0 Å². The number of methoxy groups -OCH3 is 1. The predicted octanol–water partition coefficient (Wildman–Crippen LogP) is 3.18. The number of hydrogen-bond acceptors (Lipinski definition) is 3. The number of fused-ring (bicyclic) bond motifs is 3. The van der Waals surface area contributed by atoms with Gasteiger partial charge < -0.3 is 4.74 Å². The summed E-state index contributed by atoms with van der Waals surface area (Å²) in [6, 6.07) is 16.3. The summed E-state index contributed by atoms with van der Waals surface area (Å²) >= 11 is 0. The molecule has 0 saturated carbocycles. The summed E-state index contributed by atoms with van der Waals surface area (Å²) in [6.07, 6.45) is 0.998. The number of ether oxygens (including phenoxy) is 1. The number of nitrogens with zero attached hydrogens (tertiary/aromatic N) is 3. The Hall–Kier alpha value is -2.62. The Labute approximate surface area is 123 Å². The van der Waals surface area contributed by atoms with E-state index in [4.69, 9.17) is 9.72 Å². The molecule has 2 aromatic carbocycles. The Kier molecular flexibility index (Phi) is 2.74. The molecule has 1 aromatic heterocycles. The molecule has 4 nitrogen and oxygen atoms in total. The highest BCUT2D eigenvalue weighted by Crippen LogP contribution is 2.32. The molecule has 0 amide bonds. The molecule has 4 heteroatoms. The quantitative estimate of drug-likeness (QED) is 0.722. The van der Waals surface area contributed by atoms with E-state index in [0.29, 0.717) is 0 Å². The zero-order valence-electron chi connectivity index (χ0n) is 11.8. The lowest BCUT2D eigenvalue weighted by Gasteiger charge is -2.15. The summed E-state index contributed by atoms with van der Waals surface area (Å²) in [5.74, 6) is 2.46. The van der Waals surface area contributed by atoms with Crippen molar-refractivity contribution in [3.8, 4) is 28.5 Å². The number of benzene rings is 2. The zero-order chi connectivity index (χ0) is 14.2. The van der Waals surface area contributed by atoms with E-state index in [9.17, 15) is 0 Å². The van der Waals surface area contributed by atoms with Gasteiger partial charge in [-0.05, 0) is 24.1 Å². The van der Waals surface area contributed by atoms with Gasteiger partial charge in [0.05, 0.1) is 12.7 Å². The second-order valence-corrected chi connectivity index (χ2v) is 5.09. The smallest absolute Gasteiger partial charge is 0.185 e. The van der Waals surface area contributed by atoms with Crippen molar-refractivity contribution in [2.24, 2.45) is 0 Å². The van der Waals surface area contributed by atoms with Crippen LogP contribution in [-0.2, 0) is 13.0 Å². The van der Waals surface area contributed by atoms with E-state index in [2.05, 4.69) is 23.3 Å². The van der Waals surface area contributed by atoms with Crippen molar-refractivity contribution in [2.45, 2.75) is 13.0 Å². The van der Waals surface area contributed by atoms with Gasteiger partial charge in [-0.1, -0.05) is 36.4 Å². The molecule has 0 spiro atoms. The lowest BCUT2D eigenvalue weighted by molar-refractivity contribution is 0.416. The minimum absolute atomic E-state index is 0.721. The van der Waals surface area contributed by atoms with Crippen LogP contribution in [0.4, 0.5) is 0 Å². The van der Waals surface area contributed by atoms with E-state index in [1.807, 2.05) is 35.0 Å². The fourth-order valence-electron chi connectivity index (χ4n) is 2.82. The molecule has 0 N–H and O–H groups in total. The van der Waals surface area contributed by atoms with Crippen molar-refractivity contribution < 1.29 is 4.74 Å². The Morgan fingerprint density at radius 2 is 1.76 bits per heavy atom. The summed E-state index contributed by atoms with van der Waals surface area (Å²) in [7, 11) is 1.67. The third kappa shape index (κ3) is 1.91. The van der Waals surface area contributed by atoms with Crippen LogP contribution in [-0.4, -0.2) is 21.9 Å². The van der Waals surface area contributed by atoms with Gasteiger partial charge in [0.2, 0.25) is 0 Å². The van der Waals surface area contributed by atoms with Gasteiger partial charge in [-0.15, -0.1) is 0 Å². The number of para-hydroxylation sites is 1. The van der Waals surface area contributed by atoms with E-state index < -0.39 is 0 Å². The van der Waals surface area contributed by atoms with Gasteiger partial charge in [0.1, 0.15) is 5.75 Å². The van der Waals surface area contributed by atoms with Crippen LogP contribution in [0.1, 0.15) is 5.56 Å². The lowest BCUT2D eigenvalue weighted by atomic mass is 10.0. The SMILES string of the molecule is COc1ccccc1-c1nc2n(n1)CCc1ccccc1-2. The molecule has 21 heavy (non-hydrogen) atoms. The molecule has 3 aromatic rings. The molecule has 1 aliphatic heterocycles. The predicted molar refractivity (Wildman–Crippen MR) is 81.2 cm³/mol. The van der Waals surface area contributed by atoms with Gasteiger partial charge in [-0.3, -0.25) is 0 Å². The van der Waals surface area contributed by atoms with Crippen molar-refractivity contribution in [3.05, 3.63) is 54.1 Å². The molecule has 0 atom stereocenters. The van der Waals surface area contributed by atoms with Crippen molar-refractivity contribution in [1.82, 2.24) is 14.8 Å². The van der Waals surface area contributed by atoms with E-state index in [1.165, 1.54) is 11.1 Å². The minimum atomic E-state index is 0.721. The third-order valence-electron chi connectivity index (χ3n) is 3.87. The largest absolute Gasteiger partial charge is 0.496 e. The monoisotopic (exact) mass is 277 g/mol. The topological polar surface area (TPSA) is 39.9 Å². The second kappa shape index (κ2) is 4.74. The molecule has 4 rings (SSSR count). The molecule has 0 aliphatic carbocycles. The average Bonchev–Trinajstić information content (AvgIpc) is 2.99. The molecular weight excluding hydrogens is 262 g/mol. The average molecular weight is 277 g/mol. The van der Waals surface area contributed by atoms with Gasteiger partial charge in [0.25, 0.3) is 0 Å². The van der Waals surface area contributed by atoms with Crippen molar-refractivity contribution in [3.63, 3.8) is 0 Å². The number of hydrogen-bond donors (Lipinski definition) is 0. The zero-order valence-corrected chi connectivity index (χ0v) is 11.8. The van der Waals surface area contributed by atoms with E-state index in [1.54, 1.807) is 7.11 Å². The molecule has 0 unspecified atom stereocenters. The minimum Gasteiger partial charge on any atom is -0.496 e. The highest BCUT2D eigenvalue weighted by atomic mass is 16.5. The van der Waals surface area contributed by atoms with E-state index in [0.717, 1.165) is 35.9 Å². The molecule has 2 heterocycles. The van der Waals surface area contributed by atoms with Crippen molar-refractivity contribution >= 4 is 0 Å². The van der Waals surface area contributed by atoms with E-state index >= 15 is 0 Å². The number of aryl methyl sites for hydroxylation is 2. The van der Waals surface area contributed by atoms with E-state index in [-0.39, 0.29) is 0 Å². The maximum atomic E-state index is 5.41. The normalized spacial score (nSPS) is 12.6. The summed E-state index contributed by atoms with van der Waals surface area (Å²) in [4.78, 5) is 4.74. The maximum Gasteiger partial charge on any atom is 0.185 e. The molecule has 0 radical (unpaired) electrons. The van der Waals surface area contributed by atoms with Crippen molar-refractivity contribution in [1.29, 1.82) is 0 Å². The molecule has 1 aliphatic rings. The summed E-state index contributed by atoms with van der Waals surface area (Å²) in [5.41, 5.74) is 3.45. The highest BCUT2D eigenvalue weighted by molar-refractivity contribution is 5.68. The first kappa shape index (κ1) is 12.1. The van der Waals surface area contributed by atoms with Gasteiger partial charge in [-0.2, -0.15) is 5.10 Å². The molecule has 0 saturated heterocycles. The van der Waals surface area contributed by atoms with Crippen LogP contribution in [0.2, 0.25) is 0 Å². The van der Waals surface area contributed by atoms with Crippen LogP contribution >= 0.6 is 0 Å². The summed E-state index contributed by atoms with van der Waals surface area (Å²) < 4.78 is 7.40. The second-order valence-electron chi connectivity index (χ2n) is 5.09. The maximum absolute atomic E-state index is 5.41. The van der Waals surface area contributed by atoms with Crippen LogP contribution in [0, 0.1) is 0 Å². The number of aromatic nitrogens is 3. The first-order chi connectivity index (χ1) is 10.4. The molecule has 0 fully saturated rings. The van der Waals surface area contributed by atoms with Gasteiger partial charge >= 0.3 is 0 Å². The highest BCUT2D eigenvalue weighted by Gasteiger charge is 2.21. The standard InChI is InChI=1S/C17H15N3O/c1-21-15-9-5-4-8-14(15)16-18-17-13-7-3-2-6-12(13)10-11-20(17)19-16/h2-9H,10-11H2,1H3. The van der Waals surface area contributed by atoms with Crippen LogP contribution < -0.4 is 4.74 Å². The first-order valence-corrected chi connectivity index (χ1v) is 7.03. The fourth-order valence-corrected chi connectivity index (χ4v) is 2.82. The molecular formula is C17H15N3O. The Balaban J connectivity index is 1.87. The Morgan fingerprint density at radius 1 is 1.00 bits per heavy atom. The van der Waals surface area contributed by atoms with Gasteiger partial charge in [0.15, 0.2) is 11.6 Å². The van der Waals surface area contributed by atoms with Gasteiger partial charge in [-0.25, -0.2) is 9.67 Å². The molecule has 104 valence electrons. The number of rotatable bonds is 2. The van der Waals surface area contributed by atoms with Gasteiger partial charge in [0, 0.05) is 12.1 Å². The Morgan fingerprint density at radius 3 is 2.62 bits per heavy atom. The van der Waals surface area contributed by atoms with Crippen LogP contribution in [0.25, 0.3) is 22.8 Å². The summed E-state index contributed by atoms with van der Waals surface area (Å²) in [5, 5.41) is 4.65.